The lowest BCUT2D eigenvalue weighted by atomic mass is 10.1. The first kappa shape index (κ1) is 18.6. The molecule has 1 N–H and O–H groups in total. The highest BCUT2D eigenvalue weighted by atomic mass is 79.9. The quantitative estimate of drug-likeness (QED) is 0.409. The normalized spacial score (nSPS) is 10.3. The van der Waals surface area contributed by atoms with Gasteiger partial charge in [0.15, 0.2) is 0 Å². The Hall–Kier alpha value is -1.77. The van der Waals surface area contributed by atoms with Crippen molar-refractivity contribution in [3.05, 3.63) is 55.5 Å². The minimum atomic E-state index is -0.621. The molecule has 2 aromatic carbocycles. The molecule has 0 saturated carbocycles. The van der Waals surface area contributed by atoms with Crippen LogP contribution in [0.2, 0.25) is 5.02 Å². The van der Waals surface area contributed by atoms with E-state index >= 15 is 0 Å². The first-order chi connectivity index (χ1) is 11.4. The Morgan fingerprint density at radius 1 is 1.38 bits per heavy atom. The van der Waals surface area contributed by atoms with E-state index < -0.39 is 10.8 Å². The molecule has 0 aliphatic heterocycles. The summed E-state index contributed by atoms with van der Waals surface area (Å²) < 4.78 is 5.88. The van der Waals surface area contributed by atoms with Gasteiger partial charge in [-0.05, 0) is 30.5 Å². The molecule has 0 radical (unpaired) electrons. The second kappa shape index (κ2) is 7.87. The van der Waals surface area contributed by atoms with Gasteiger partial charge >= 0.3 is 0 Å². The van der Waals surface area contributed by atoms with Crippen LogP contribution in [0.5, 0.6) is 5.75 Å². The lowest BCUT2D eigenvalue weighted by Gasteiger charge is -2.11. The number of amides is 1. The van der Waals surface area contributed by atoms with Crippen LogP contribution in [0.4, 0.5) is 11.4 Å². The smallest absolute Gasteiger partial charge is 0.285 e. The zero-order valence-electron chi connectivity index (χ0n) is 12.6. The Morgan fingerprint density at radius 2 is 2.08 bits per heavy atom. The number of nitro groups is 1. The van der Waals surface area contributed by atoms with Crippen LogP contribution in [0.25, 0.3) is 0 Å². The molecule has 0 fully saturated rings. The second-order valence-electron chi connectivity index (χ2n) is 4.56. The summed E-state index contributed by atoms with van der Waals surface area (Å²) in [6, 6.07) is 7.60. The number of hydrogen-bond acceptors (Lipinski definition) is 5. The number of methoxy groups -OCH3 is 1. The number of nitrogens with zero attached hydrogens (tertiary/aromatic N) is 1. The van der Waals surface area contributed by atoms with E-state index in [1.165, 1.54) is 31.0 Å². The lowest BCUT2D eigenvalue weighted by molar-refractivity contribution is -0.385. The Kier molecular flexibility index (Phi) is 6.09. The molecule has 9 heteroatoms. The maximum absolute atomic E-state index is 12.5. The van der Waals surface area contributed by atoms with E-state index in [-0.39, 0.29) is 11.3 Å². The monoisotopic (exact) mass is 430 g/mol. The third kappa shape index (κ3) is 4.00. The van der Waals surface area contributed by atoms with E-state index in [2.05, 4.69) is 21.2 Å². The number of carbonyl (C=O) groups excluding carboxylic acids is 1. The number of ether oxygens (including phenoxy) is 1. The molecule has 2 aromatic rings. The molecule has 0 aliphatic rings. The van der Waals surface area contributed by atoms with Crippen LogP contribution >= 0.6 is 39.3 Å². The zero-order chi connectivity index (χ0) is 17.9. The number of anilines is 1. The van der Waals surface area contributed by atoms with Crippen molar-refractivity contribution in [1.29, 1.82) is 0 Å². The number of carbonyl (C=O) groups is 1. The summed E-state index contributed by atoms with van der Waals surface area (Å²) >= 11 is 10.7. The van der Waals surface area contributed by atoms with Crippen molar-refractivity contribution in [2.75, 3.05) is 18.7 Å². The molecular formula is C15H12BrClN2O4S. The molecule has 0 spiro atoms. The van der Waals surface area contributed by atoms with E-state index in [1.807, 2.05) is 0 Å². The molecule has 6 nitrogen and oxygen atoms in total. The van der Waals surface area contributed by atoms with Gasteiger partial charge in [0, 0.05) is 4.47 Å². The van der Waals surface area contributed by atoms with Gasteiger partial charge in [0.25, 0.3) is 11.6 Å². The molecule has 0 atom stereocenters. The Morgan fingerprint density at radius 3 is 2.62 bits per heavy atom. The Balaban J connectivity index is 2.45. The van der Waals surface area contributed by atoms with Crippen LogP contribution in [-0.4, -0.2) is 24.2 Å². The van der Waals surface area contributed by atoms with Crippen molar-refractivity contribution in [3.63, 3.8) is 0 Å². The summed E-state index contributed by atoms with van der Waals surface area (Å²) in [5.41, 5.74) is -0.0415. The van der Waals surface area contributed by atoms with Gasteiger partial charge < -0.3 is 10.1 Å². The summed E-state index contributed by atoms with van der Waals surface area (Å²) in [6.07, 6.45) is 1.79. The summed E-state index contributed by atoms with van der Waals surface area (Å²) in [4.78, 5) is 23.8. The van der Waals surface area contributed by atoms with E-state index in [1.54, 1.807) is 24.5 Å². The largest absolute Gasteiger partial charge is 0.495 e. The van der Waals surface area contributed by atoms with Gasteiger partial charge in [-0.1, -0.05) is 27.5 Å². The second-order valence-corrected chi connectivity index (χ2v) is 6.73. The van der Waals surface area contributed by atoms with Crippen LogP contribution in [0, 0.1) is 10.1 Å². The van der Waals surface area contributed by atoms with E-state index in [4.69, 9.17) is 16.3 Å². The van der Waals surface area contributed by atoms with Crippen LogP contribution < -0.4 is 10.1 Å². The van der Waals surface area contributed by atoms with Gasteiger partial charge in [-0.3, -0.25) is 14.9 Å². The van der Waals surface area contributed by atoms with E-state index in [0.717, 1.165) is 4.47 Å². The van der Waals surface area contributed by atoms with Gasteiger partial charge in [0.1, 0.15) is 11.3 Å². The van der Waals surface area contributed by atoms with Crippen LogP contribution in [-0.2, 0) is 0 Å². The van der Waals surface area contributed by atoms with Crippen molar-refractivity contribution in [1.82, 2.24) is 0 Å². The van der Waals surface area contributed by atoms with Crippen molar-refractivity contribution in [2.24, 2.45) is 0 Å². The fourth-order valence-corrected chi connectivity index (χ4v) is 3.28. The van der Waals surface area contributed by atoms with Gasteiger partial charge in [-0.15, -0.1) is 11.8 Å². The number of nitrogens with one attached hydrogen (secondary N) is 1. The molecule has 126 valence electrons. The van der Waals surface area contributed by atoms with Gasteiger partial charge in [0.05, 0.1) is 33.7 Å². The van der Waals surface area contributed by atoms with E-state index in [9.17, 15) is 14.9 Å². The average Bonchev–Trinajstić information content (AvgIpc) is 2.55. The standard InChI is InChI=1S/C15H12BrClN2O4S/c1-23-13-7-12(19(21)22)9(6-14(13)24-2)15(20)18-11-4-3-8(16)5-10(11)17/h3-7H,1-2H3,(H,18,20). The summed E-state index contributed by atoms with van der Waals surface area (Å²) in [7, 11) is 1.42. The fraction of sp³-hybridized carbons (Fsp3) is 0.133. The van der Waals surface area contributed by atoms with Crippen molar-refractivity contribution < 1.29 is 14.5 Å². The SMILES string of the molecule is COc1cc([N+](=O)[O-])c(C(=O)Nc2ccc(Br)cc2Cl)cc1SC. The summed E-state index contributed by atoms with van der Waals surface area (Å²) in [5.74, 6) is -0.281. The molecule has 2 rings (SSSR count). The number of benzene rings is 2. The van der Waals surface area contributed by atoms with Crippen molar-refractivity contribution in [3.8, 4) is 5.75 Å². The van der Waals surface area contributed by atoms with E-state index in [0.29, 0.717) is 21.4 Å². The highest BCUT2D eigenvalue weighted by Crippen LogP contribution is 2.35. The topological polar surface area (TPSA) is 81.5 Å². The summed E-state index contributed by atoms with van der Waals surface area (Å²) in [5, 5.41) is 14.2. The first-order valence-electron chi connectivity index (χ1n) is 6.54. The number of hydrogen-bond donors (Lipinski definition) is 1. The number of thioether (sulfide) groups is 1. The molecule has 0 saturated heterocycles. The molecule has 0 aliphatic carbocycles. The fourth-order valence-electron chi connectivity index (χ4n) is 1.98. The predicted molar refractivity (Wildman–Crippen MR) is 98.5 cm³/mol. The number of halogens is 2. The van der Waals surface area contributed by atoms with Gasteiger partial charge in [-0.2, -0.15) is 0 Å². The molecule has 0 unspecified atom stereocenters. The lowest BCUT2D eigenvalue weighted by Crippen LogP contribution is -2.14. The number of rotatable bonds is 5. The molecular weight excluding hydrogens is 420 g/mol. The minimum absolute atomic E-state index is 0.0656. The zero-order valence-corrected chi connectivity index (χ0v) is 15.8. The van der Waals surface area contributed by atoms with Crippen molar-refractivity contribution in [2.45, 2.75) is 4.90 Å². The molecule has 1 amide bonds. The number of nitro benzene ring substituents is 1. The third-order valence-corrected chi connectivity index (χ3v) is 4.69. The first-order valence-corrected chi connectivity index (χ1v) is 8.93. The van der Waals surface area contributed by atoms with Crippen LogP contribution in [0.3, 0.4) is 0 Å². The van der Waals surface area contributed by atoms with Crippen molar-refractivity contribution >= 4 is 56.6 Å². The maximum Gasteiger partial charge on any atom is 0.285 e. The highest BCUT2D eigenvalue weighted by molar-refractivity contribution is 9.10. The Bertz CT molecular complexity index is 816. The van der Waals surface area contributed by atoms with Gasteiger partial charge in [0.2, 0.25) is 0 Å². The molecule has 0 bridgehead atoms. The Labute approximate surface area is 155 Å². The molecule has 0 aromatic heterocycles. The minimum Gasteiger partial charge on any atom is -0.495 e. The van der Waals surface area contributed by atoms with Gasteiger partial charge in [-0.25, -0.2) is 0 Å². The van der Waals surface area contributed by atoms with Crippen LogP contribution in [0.1, 0.15) is 10.4 Å². The summed E-state index contributed by atoms with van der Waals surface area (Å²) in [6.45, 7) is 0. The highest BCUT2D eigenvalue weighted by Gasteiger charge is 2.24. The average molecular weight is 432 g/mol. The third-order valence-electron chi connectivity index (χ3n) is 3.12. The molecule has 0 heterocycles. The predicted octanol–water partition coefficient (Wildman–Crippen LogP) is 4.99. The van der Waals surface area contributed by atoms with Crippen LogP contribution in [0.15, 0.2) is 39.7 Å². The molecule has 24 heavy (non-hydrogen) atoms. The maximum atomic E-state index is 12.5.